The summed E-state index contributed by atoms with van der Waals surface area (Å²) in [5.74, 6) is 0.643. The van der Waals surface area contributed by atoms with Crippen LogP contribution in [0.25, 0.3) is 11.0 Å². The minimum absolute atomic E-state index is 0.111. The van der Waals surface area contributed by atoms with E-state index in [1.807, 2.05) is 44.2 Å². The van der Waals surface area contributed by atoms with Crippen LogP contribution in [-0.2, 0) is 6.42 Å². The summed E-state index contributed by atoms with van der Waals surface area (Å²) in [4.78, 5) is 17.0. The van der Waals surface area contributed by atoms with Gasteiger partial charge in [0.2, 0.25) is 0 Å². The van der Waals surface area contributed by atoms with Crippen LogP contribution in [0.15, 0.2) is 40.9 Å². The number of amides is 1. The van der Waals surface area contributed by atoms with Gasteiger partial charge >= 0.3 is 0 Å². The number of thiazole rings is 1. The first kappa shape index (κ1) is 13.8. The fraction of sp³-hybridized carbons (Fsp3) is 0.250. The van der Waals surface area contributed by atoms with Crippen LogP contribution < -0.4 is 5.32 Å². The summed E-state index contributed by atoms with van der Waals surface area (Å²) in [7, 11) is 0. The summed E-state index contributed by atoms with van der Waals surface area (Å²) in [6, 6.07) is 9.59. The number of carbonyl (C=O) groups is 1. The molecular weight excluding hydrogens is 284 g/mol. The van der Waals surface area contributed by atoms with Gasteiger partial charge in [-0.15, -0.1) is 11.3 Å². The lowest BCUT2D eigenvalue weighted by molar-refractivity contribution is 0.0939. The van der Waals surface area contributed by atoms with Crippen molar-refractivity contribution < 1.29 is 9.21 Å². The standard InChI is InChI=1S/C16H16N2O2S/c1-3-15-17-9-14(21-15)16(19)18-10(2)13-8-11-6-4-5-7-12(11)20-13/h4-10H,3H2,1-2H3,(H,18,19). The number of nitrogens with zero attached hydrogens (tertiary/aromatic N) is 1. The summed E-state index contributed by atoms with van der Waals surface area (Å²) in [5.41, 5.74) is 0.833. The molecule has 2 heterocycles. The van der Waals surface area contributed by atoms with Gasteiger partial charge in [-0.05, 0) is 25.5 Å². The largest absolute Gasteiger partial charge is 0.459 e. The molecule has 1 unspecified atom stereocenters. The maximum atomic E-state index is 12.2. The highest BCUT2D eigenvalue weighted by molar-refractivity contribution is 7.13. The van der Waals surface area contributed by atoms with Crippen LogP contribution in [0.1, 0.15) is 40.3 Å². The fourth-order valence-corrected chi connectivity index (χ4v) is 2.89. The second-order valence-electron chi connectivity index (χ2n) is 4.85. The molecule has 0 bridgehead atoms. The Labute approximate surface area is 126 Å². The van der Waals surface area contributed by atoms with Crippen molar-refractivity contribution in [3.8, 4) is 0 Å². The highest BCUT2D eigenvalue weighted by Gasteiger charge is 2.16. The zero-order chi connectivity index (χ0) is 14.8. The van der Waals surface area contributed by atoms with Gasteiger partial charge < -0.3 is 9.73 Å². The Morgan fingerprint density at radius 2 is 2.24 bits per heavy atom. The van der Waals surface area contributed by atoms with E-state index in [0.29, 0.717) is 4.88 Å². The summed E-state index contributed by atoms with van der Waals surface area (Å²) in [6.07, 6.45) is 2.47. The molecular formula is C16H16N2O2S. The van der Waals surface area contributed by atoms with Crippen LogP contribution in [0.4, 0.5) is 0 Å². The number of para-hydroxylation sites is 1. The summed E-state index contributed by atoms with van der Waals surface area (Å²) in [5, 5.41) is 4.96. The molecule has 0 fully saturated rings. The molecule has 0 saturated heterocycles. The van der Waals surface area contributed by atoms with E-state index in [1.165, 1.54) is 11.3 Å². The number of fused-ring (bicyclic) bond motifs is 1. The van der Waals surface area contributed by atoms with E-state index in [2.05, 4.69) is 10.3 Å². The van der Waals surface area contributed by atoms with Gasteiger partial charge in [-0.25, -0.2) is 4.98 Å². The maximum absolute atomic E-state index is 12.2. The Hall–Kier alpha value is -2.14. The van der Waals surface area contributed by atoms with Crippen molar-refractivity contribution in [3.05, 3.63) is 52.2 Å². The summed E-state index contributed by atoms with van der Waals surface area (Å²) < 4.78 is 5.77. The lowest BCUT2D eigenvalue weighted by atomic mass is 10.2. The normalized spacial score (nSPS) is 12.5. The van der Waals surface area contributed by atoms with E-state index in [0.717, 1.165) is 28.2 Å². The van der Waals surface area contributed by atoms with Crippen LogP contribution in [0.3, 0.4) is 0 Å². The molecule has 1 amide bonds. The van der Waals surface area contributed by atoms with E-state index in [1.54, 1.807) is 6.20 Å². The number of aryl methyl sites for hydroxylation is 1. The predicted octanol–water partition coefficient (Wildman–Crippen LogP) is 3.94. The van der Waals surface area contributed by atoms with Crippen LogP contribution in [0.2, 0.25) is 0 Å². The molecule has 21 heavy (non-hydrogen) atoms. The number of rotatable bonds is 4. The quantitative estimate of drug-likeness (QED) is 0.794. The van der Waals surface area contributed by atoms with Gasteiger partial charge in [-0.2, -0.15) is 0 Å². The molecule has 0 aliphatic heterocycles. The van der Waals surface area contributed by atoms with E-state index >= 15 is 0 Å². The van der Waals surface area contributed by atoms with Crippen LogP contribution >= 0.6 is 11.3 Å². The topological polar surface area (TPSA) is 55.1 Å². The smallest absolute Gasteiger partial charge is 0.263 e. The highest BCUT2D eigenvalue weighted by atomic mass is 32.1. The lowest BCUT2D eigenvalue weighted by Gasteiger charge is -2.09. The second kappa shape index (κ2) is 5.69. The number of benzene rings is 1. The first-order valence-corrected chi connectivity index (χ1v) is 7.73. The molecule has 3 rings (SSSR count). The molecule has 5 heteroatoms. The summed E-state index contributed by atoms with van der Waals surface area (Å²) in [6.45, 7) is 3.94. The zero-order valence-electron chi connectivity index (χ0n) is 11.9. The van der Waals surface area contributed by atoms with E-state index < -0.39 is 0 Å². The Morgan fingerprint density at radius 1 is 1.43 bits per heavy atom. The molecule has 1 aromatic carbocycles. The van der Waals surface area contributed by atoms with Crippen molar-refractivity contribution in [2.75, 3.05) is 0 Å². The number of aromatic nitrogens is 1. The molecule has 0 aliphatic rings. The van der Waals surface area contributed by atoms with Gasteiger partial charge in [-0.1, -0.05) is 25.1 Å². The van der Waals surface area contributed by atoms with E-state index in [-0.39, 0.29) is 11.9 Å². The third kappa shape index (κ3) is 2.83. The Morgan fingerprint density at radius 3 is 2.95 bits per heavy atom. The average molecular weight is 300 g/mol. The van der Waals surface area contributed by atoms with Crippen molar-refractivity contribution in [1.29, 1.82) is 0 Å². The lowest BCUT2D eigenvalue weighted by Crippen LogP contribution is -2.25. The molecule has 3 aromatic rings. The predicted molar refractivity (Wildman–Crippen MR) is 83.6 cm³/mol. The van der Waals surface area contributed by atoms with Crippen LogP contribution in [0.5, 0.6) is 0 Å². The van der Waals surface area contributed by atoms with Crippen molar-refractivity contribution in [3.63, 3.8) is 0 Å². The van der Waals surface area contributed by atoms with Gasteiger partial charge in [0.15, 0.2) is 0 Å². The third-order valence-electron chi connectivity index (χ3n) is 3.30. The molecule has 108 valence electrons. The number of hydrogen-bond acceptors (Lipinski definition) is 4. The number of hydrogen-bond donors (Lipinski definition) is 1. The van der Waals surface area contributed by atoms with E-state index in [9.17, 15) is 4.79 Å². The SMILES string of the molecule is CCc1ncc(C(=O)NC(C)c2cc3ccccc3o2)s1. The highest BCUT2D eigenvalue weighted by Crippen LogP contribution is 2.24. The average Bonchev–Trinajstić information content (AvgIpc) is 3.13. The second-order valence-corrected chi connectivity index (χ2v) is 5.97. The van der Waals surface area contributed by atoms with Gasteiger partial charge in [0.1, 0.15) is 16.2 Å². The van der Waals surface area contributed by atoms with Crippen molar-refractivity contribution in [1.82, 2.24) is 10.3 Å². The number of carbonyl (C=O) groups excluding carboxylic acids is 1. The van der Waals surface area contributed by atoms with Crippen LogP contribution in [-0.4, -0.2) is 10.9 Å². The minimum atomic E-state index is -0.183. The molecule has 0 aliphatic carbocycles. The minimum Gasteiger partial charge on any atom is -0.459 e. The molecule has 2 aromatic heterocycles. The van der Waals surface area contributed by atoms with Crippen LogP contribution in [0, 0.1) is 0 Å². The first-order chi connectivity index (χ1) is 10.2. The molecule has 0 saturated carbocycles. The molecule has 1 atom stereocenters. The molecule has 4 nitrogen and oxygen atoms in total. The van der Waals surface area contributed by atoms with Crippen molar-refractivity contribution in [2.45, 2.75) is 26.3 Å². The van der Waals surface area contributed by atoms with Gasteiger partial charge in [0.25, 0.3) is 5.91 Å². The number of nitrogens with one attached hydrogen (secondary N) is 1. The Kier molecular flexibility index (Phi) is 3.75. The number of furan rings is 1. The third-order valence-corrected chi connectivity index (χ3v) is 4.44. The van der Waals surface area contributed by atoms with Gasteiger partial charge in [0.05, 0.1) is 17.2 Å². The van der Waals surface area contributed by atoms with Gasteiger partial charge in [0, 0.05) is 5.39 Å². The van der Waals surface area contributed by atoms with Gasteiger partial charge in [-0.3, -0.25) is 4.79 Å². The van der Waals surface area contributed by atoms with Crippen molar-refractivity contribution in [2.24, 2.45) is 0 Å². The Bertz CT molecular complexity index is 742. The molecule has 0 radical (unpaired) electrons. The zero-order valence-corrected chi connectivity index (χ0v) is 12.7. The first-order valence-electron chi connectivity index (χ1n) is 6.91. The monoisotopic (exact) mass is 300 g/mol. The maximum Gasteiger partial charge on any atom is 0.263 e. The van der Waals surface area contributed by atoms with Crippen molar-refractivity contribution >= 4 is 28.2 Å². The summed E-state index contributed by atoms with van der Waals surface area (Å²) >= 11 is 1.43. The Balaban J connectivity index is 1.75. The molecule has 0 spiro atoms. The van der Waals surface area contributed by atoms with E-state index in [4.69, 9.17) is 4.42 Å². The fourth-order valence-electron chi connectivity index (χ4n) is 2.13. The molecule has 1 N–H and O–H groups in total.